The van der Waals surface area contributed by atoms with Crippen LogP contribution in [0.15, 0.2) is 164 Å². The third-order valence-corrected chi connectivity index (χ3v) is 13.9. The van der Waals surface area contributed by atoms with E-state index in [0.717, 1.165) is 44.4 Å². The first-order valence-electron chi connectivity index (χ1n) is 18.6. The summed E-state index contributed by atoms with van der Waals surface area (Å²) >= 11 is 3.73. The predicted octanol–water partition coefficient (Wildman–Crippen LogP) is 14.6. The fraction of sp³-hybridized carbons (Fsp3) is 0. The van der Waals surface area contributed by atoms with Crippen molar-refractivity contribution in [3.8, 4) is 17.1 Å². The highest BCUT2D eigenvalue weighted by molar-refractivity contribution is 7.27. The van der Waals surface area contributed by atoms with Crippen LogP contribution in [0.5, 0.6) is 0 Å². The first kappa shape index (κ1) is 29.8. The van der Waals surface area contributed by atoms with Crippen molar-refractivity contribution in [2.45, 2.75) is 0 Å². The summed E-state index contributed by atoms with van der Waals surface area (Å²) in [5, 5.41) is 14.9. The summed E-state index contributed by atoms with van der Waals surface area (Å²) in [6.45, 7) is 0. The highest BCUT2D eigenvalue weighted by Gasteiger charge is 2.26. The molecular weight excluding hydrogens is 707 g/mol. The molecule has 0 N–H and O–H groups in total. The summed E-state index contributed by atoms with van der Waals surface area (Å²) in [7, 11) is 0. The first-order chi connectivity index (χ1) is 27.3. The Morgan fingerprint density at radius 1 is 0.400 bits per heavy atom. The molecule has 3 nitrogen and oxygen atoms in total. The van der Waals surface area contributed by atoms with Crippen LogP contribution in [-0.2, 0) is 0 Å². The molecule has 0 radical (unpaired) electrons. The van der Waals surface area contributed by atoms with E-state index in [1.165, 1.54) is 78.2 Å². The van der Waals surface area contributed by atoms with Gasteiger partial charge in [-0.1, -0.05) is 140 Å². The number of hydrogen-bond donors (Lipinski definition) is 0. The Labute approximate surface area is 322 Å². The molecule has 0 aliphatic rings. The molecule has 13 aromatic rings. The van der Waals surface area contributed by atoms with Crippen molar-refractivity contribution in [1.29, 1.82) is 0 Å². The molecule has 0 saturated heterocycles. The fourth-order valence-corrected chi connectivity index (χ4v) is 11.7. The van der Waals surface area contributed by atoms with Gasteiger partial charge in [-0.25, -0.2) is 9.97 Å². The molecule has 0 spiro atoms. The maximum absolute atomic E-state index is 5.78. The van der Waals surface area contributed by atoms with Gasteiger partial charge in [-0.2, -0.15) is 0 Å². The van der Waals surface area contributed by atoms with E-state index in [1.807, 2.05) is 22.7 Å². The highest BCUT2D eigenvalue weighted by Crippen LogP contribution is 2.50. The molecule has 0 amide bonds. The first-order valence-corrected chi connectivity index (χ1v) is 20.2. The second-order valence-corrected chi connectivity index (χ2v) is 16.5. The molecule has 0 aliphatic carbocycles. The van der Waals surface area contributed by atoms with Crippen molar-refractivity contribution in [3.63, 3.8) is 0 Å². The van der Waals surface area contributed by atoms with E-state index in [0.29, 0.717) is 0 Å². The topological polar surface area (TPSA) is 30.7 Å². The van der Waals surface area contributed by atoms with Crippen LogP contribution in [0, 0.1) is 0 Å². The van der Waals surface area contributed by atoms with Gasteiger partial charge in [-0.15, -0.1) is 22.7 Å². The molecule has 4 heterocycles. The summed E-state index contributed by atoms with van der Waals surface area (Å²) in [6, 6.07) is 59.5. The SMILES string of the molecule is c1ccc2c(c1)ccc1nc(-c3cccc4c3sc3ccccc34)c(-n3c4ccccc4c4c5ccccc5c5c(sc6ccc7ccccc7c65)c43)nc12. The Hall–Kier alpha value is -6.66. The number of thiophene rings is 2. The van der Waals surface area contributed by atoms with Crippen molar-refractivity contribution in [2.75, 3.05) is 0 Å². The number of benzene rings is 9. The predicted molar refractivity (Wildman–Crippen MR) is 238 cm³/mol. The molecule has 0 atom stereocenters. The van der Waals surface area contributed by atoms with Crippen LogP contribution >= 0.6 is 22.7 Å². The summed E-state index contributed by atoms with van der Waals surface area (Å²) in [5.41, 5.74) is 6.08. The second-order valence-electron chi connectivity index (χ2n) is 14.4. The zero-order valence-corrected chi connectivity index (χ0v) is 30.9. The monoisotopic (exact) mass is 733 g/mol. The van der Waals surface area contributed by atoms with Crippen molar-refractivity contribution >= 4 is 128 Å². The lowest BCUT2D eigenvalue weighted by Gasteiger charge is -2.16. The van der Waals surface area contributed by atoms with E-state index >= 15 is 0 Å². The third-order valence-electron chi connectivity index (χ3n) is 11.5. The smallest absolute Gasteiger partial charge is 0.165 e. The number of fused-ring (bicyclic) bond motifs is 18. The van der Waals surface area contributed by atoms with Crippen LogP contribution in [0.25, 0.3) is 123 Å². The van der Waals surface area contributed by atoms with Crippen LogP contribution in [0.3, 0.4) is 0 Å². The molecular formula is C50H27N3S2. The van der Waals surface area contributed by atoms with Gasteiger partial charge < -0.3 is 0 Å². The van der Waals surface area contributed by atoms with Crippen LogP contribution in [0.1, 0.15) is 0 Å². The quantitative estimate of drug-likeness (QED) is 0.166. The summed E-state index contributed by atoms with van der Waals surface area (Å²) < 4.78 is 7.50. The van der Waals surface area contributed by atoms with Gasteiger partial charge in [0.2, 0.25) is 0 Å². The lowest BCUT2D eigenvalue weighted by molar-refractivity contribution is 1.09. The van der Waals surface area contributed by atoms with Gasteiger partial charge in [0, 0.05) is 57.4 Å². The Morgan fingerprint density at radius 3 is 1.89 bits per heavy atom. The van der Waals surface area contributed by atoms with Crippen LogP contribution in [0.2, 0.25) is 0 Å². The maximum Gasteiger partial charge on any atom is 0.165 e. The van der Waals surface area contributed by atoms with Crippen molar-refractivity contribution in [3.05, 3.63) is 164 Å². The van der Waals surface area contributed by atoms with Crippen molar-refractivity contribution in [2.24, 2.45) is 0 Å². The Bertz CT molecular complexity index is 3790. The number of rotatable bonds is 2. The molecule has 0 aliphatic heterocycles. The molecule has 5 heteroatoms. The maximum atomic E-state index is 5.78. The Kier molecular flexibility index (Phi) is 5.93. The molecule has 13 rings (SSSR count). The minimum Gasteiger partial charge on any atom is -0.290 e. The van der Waals surface area contributed by atoms with E-state index in [9.17, 15) is 0 Å². The summed E-state index contributed by atoms with van der Waals surface area (Å²) in [6.07, 6.45) is 0. The van der Waals surface area contributed by atoms with Gasteiger partial charge in [-0.3, -0.25) is 4.57 Å². The fourth-order valence-electron chi connectivity index (χ4n) is 9.21. The average Bonchev–Trinajstić information content (AvgIpc) is 3.94. The van der Waals surface area contributed by atoms with Crippen LogP contribution in [-0.4, -0.2) is 14.5 Å². The summed E-state index contributed by atoms with van der Waals surface area (Å²) in [4.78, 5) is 11.4. The highest BCUT2D eigenvalue weighted by atomic mass is 32.1. The van der Waals surface area contributed by atoms with E-state index in [4.69, 9.17) is 9.97 Å². The zero-order valence-electron chi connectivity index (χ0n) is 29.2. The molecule has 0 fully saturated rings. The van der Waals surface area contributed by atoms with Gasteiger partial charge in [0.25, 0.3) is 0 Å². The van der Waals surface area contributed by atoms with Crippen molar-refractivity contribution in [1.82, 2.24) is 14.5 Å². The van der Waals surface area contributed by atoms with Gasteiger partial charge in [0.15, 0.2) is 5.82 Å². The molecule has 254 valence electrons. The number of para-hydroxylation sites is 1. The standard InChI is InChI=1S/C50H27N3S2/c1-3-14-30-28(12-1)25-27-41-43(30)44-34-18-6-5-17-33(34)42-36-19-7-9-22-39(36)53(47(42)49(44)55-41)50-46(51-38-26-24-29-13-2-4-15-31(29)45(38)52-50)37-21-11-20-35-32-16-8-10-23-40(32)54-48(35)37/h1-27H. The average molecular weight is 734 g/mol. The Balaban J connectivity index is 1.29. The molecule has 55 heavy (non-hydrogen) atoms. The molecule has 4 aromatic heterocycles. The largest absolute Gasteiger partial charge is 0.290 e. The van der Waals surface area contributed by atoms with Gasteiger partial charge in [0.1, 0.15) is 5.69 Å². The molecule has 9 aromatic carbocycles. The van der Waals surface area contributed by atoms with E-state index < -0.39 is 0 Å². The zero-order chi connectivity index (χ0) is 35.8. The second kappa shape index (κ2) is 11.0. The third kappa shape index (κ3) is 3.98. The van der Waals surface area contributed by atoms with Gasteiger partial charge >= 0.3 is 0 Å². The van der Waals surface area contributed by atoms with E-state index in [2.05, 4.69) is 168 Å². The minimum atomic E-state index is 0.846. The normalized spacial score (nSPS) is 12.4. The summed E-state index contributed by atoms with van der Waals surface area (Å²) in [5.74, 6) is 0.846. The lowest BCUT2D eigenvalue weighted by atomic mass is 9.96. The van der Waals surface area contributed by atoms with Gasteiger partial charge in [-0.05, 0) is 51.2 Å². The molecule has 0 bridgehead atoms. The number of aromatic nitrogens is 3. The lowest BCUT2D eigenvalue weighted by Crippen LogP contribution is -2.04. The number of nitrogens with zero attached hydrogens (tertiary/aromatic N) is 3. The van der Waals surface area contributed by atoms with Crippen molar-refractivity contribution < 1.29 is 0 Å². The van der Waals surface area contributed by atoms with E-state index in [1.54, 1.807) is 0 Å². The Morgan fingerprint density at radius 2 is 1.04 bits per heavy atom. The molecule has 0 unspecified atom stereocenters. The van der Waals surface area contributed by atoms with Gasteiger partial charge in [0.05, 0.1) is 26.8 Å². The molecule has 0 saturated carbocycles. The van der Waals surface area contributed by atoms with Crippen LogP contribution < -0.4 is 0 Å². The van der Waals surface area contributed by atoms with E-state index in [-0.39, 0.29) is 0 Å². The number of hydrogen-bond acceptors (Lipinski definition) is 4. The minimum absolute atomic E-state index is 0.846. The van der Waals surface area contributed by atoms with Crippen LogP contribution in [0.4, 0.5) is 0 Å².